The third kappa shape index (κ3) is 3.60. The van der Waals surface area contributed by atoms with Gasteiger partial charge in [-0.25, -0.2) is 4.90 Å². The van der Waals surface area contributed by atoms with E-state index in [0.29, 0.717) is 16.3 Å². The number of anilines is 2. The lowest BCUT2D eigenvalue weighted by Crippen LogP contribution is -2.48. The maximum absolute atomic E-state index is 14.0. The number of nitro groups is 1. The smallest absolute Gasteiger partial charge is 0.269 e. The summed E-state index contributed by atoms with van der Waals surface area (Å²) in [6.45, 7) is 0. The van der Waals surface area contributed by atoms with Gasteiger partial charge in [-0.05, 0) is 42.0 Å². The lowest BCUT2D eigenvalue weighted by Gasteiger charge is -2.36. The summed E-state index contributed by atoms with van der Waals surface area (Å²) in [6, 6.07) is 16.0. The van der Waals surface area contributed by atoms with Crippen molar-refractivity contribution in [2.24, 2.45) is 11.8 Å². The Balaban J connectivity index is 1.47. The predicted molar refractivity (Wildman–Crippen MR) is 142 cm³/mol. The van der Waals surface area contributed by atoms with Gasteiger partial charge in [0.05, 0.1) is 28.5 Å². The van der Waals surface area contributed by atoms with E-state index in [9.17, 15) is 24.5 Å². The molecule has 0 spiro atoms. The molecule has 0 aliphatic carbocycles. The molecule has 37 heavy (non-hydrogen) atoms. The molecule has 0 saturated carbocycles. The van der Waals surface area contributed by atoms with Crippen molar-refractivity contribution in [2.75, 3.05) is 9.80 Å². The Labute approximate surface area is 224 Å². The average molecular weight is 579 g/mol. The van der Waals surface area contributed by atoms with E-state index >= 15 is 0 Å². The van der Waals surface area contributed by atoms with Gasteiger partial charge in [0.1, 0.15) is 6.04 Å². The van der Waals surface area contributed by atoms with Gasteiger partial charge < -0.3 is 4.90 Å². The van der Waals surface area contributed by atoms with Crippen molar-refractivity contribution >= 4 is 68.3 Å². The SMILES string of the molecule is O=C(c1ccc(Br)cc1)[C@H]1[C@H]2C(=O)N(c3ccc([N+](=O)[O-])cc3)C(=O)[C@@H]2[C@H]2C=Cc3ccc(Cl)cc3N21. The van der Waals surface area contributed by atoms with Crippen LogP contribution in [0.15, 0.2) is 77.3 Å². The molecular weight excluding hydrogens is 562 g/mol. The summed E-state index contributed by atoms with van der Waals surface area (Å²) in [6.07, 6.45) is 3.73. The number of amides is 2. The van der Waals surface area contributed by atoms with Gasteiger partial charge in [0.2, 0.25) is 11.8 Å². The zero-order valence-electron chi connectivity index (χ0n) is 19.0. The van der Waals surface area contributed by atoms with Crippen molar-refractivity contribution in [3.8, 4) is 0 Å². The van der Waals surface area contributed by atoms with Gasteiger partial charge in [-0.2, -0.15) is 0 Å². The summed E-state index contributed by atoms with van der Waals surface area (Å²) >= 11 is 9.69. The second-order valence-electron chi connectivity index (χ2n) is 9.11. The van der Waals surface area contributed by atoms with Gasteiger partial charge in [0, 0.05) is 32.9 Å². The monoisotopic (exact) mass is 577 g/mol. The Morgan fingerprint density at radius 1 is 0.946 bits per heavy atom. The number of carbonyl (C=O) groups is 3. The summed E-state index contributed by atoms with van der Waals surface area (Å²) in [7, 11) is 0. The minimum absolute atomic E-state index is 0.152. The van der Waals surface area contributed by atoms with Crippen LogP contribution in [0.1, 0.15) is 15.9 Å². The van der Waals surface area contributed by atoms with Crippen molar-refractivity contribution in [3.05, 3.63) is 104 Å². The molecule has 0 unspecified atom stereocenters. The standard InChI is InChI=1S/C27H17BrClN3O5/c28-16-5-1-15(2-6-16)25(33)24-23-22(20-12-4-14-3-7-17(29)13-21(14)31(20)24)26(34)30(27(23)35)18-8-10-19(11-9-18)32(36)37/h1-13,20,22-24H/t20-,22-,23+,24-/m1/s1. The van der Waals surface area contributed by atoms with Crippen LogP contribution in [0, 0.1) is 22.0 Å². The normalized spacial score (nSPS) is 23.6. The number of imide groups is 1. The van der Waals surface area contributed by atoms with Crippen molar-refractivity contribution in [1.29, 1.82) is 0 Å². The Morgan fingerprint density at radius 3 is 2.30 bits per heavy atom. The fourth-order valence-electron chi connectivity index (χ4n) is 5.59. The Morgan fingerprint density at radius 2 is 1.62 bits per heavy atom. The summed E-state index contributed by atoms with van der Waals surface area (Å²) in [5.74, 6) is -2.99. The van der Waals surface area contributed by atoms with Crippen molar-refractivity contribution in [1.82, 2.24) is 0 Å². The number of Topliss-reactive ketones (excluding diaryl/α,β-unsaturated/α-hetero) is 1. The van der Waals surface area contributed by atoms with Gasteiger partial charge in [-0.1, -0.05) is 57.9 Å². The molecule has 2 fully saturated rings. The van der Waals surface area contributed by atoms with Gasteiger partial charge >= 0.3 is 0 Å². The molecule has 3 aliphatic rings. The number of non-ortho nitro benzene ring substituents is 1. The topological polar surface area (TPSA) is 101 Å². The van der Waals surface area contributed by atoms with Crippen LogP contribution in [0.25, 0.3) is 6.08 Å². The highest BCUT2D eigenvalue weighted by atomic mass is 79.9. The molecule has 6 rings (SSSR count). The molecule has 3 aromatic carbocycles. The van der Waals surface area contributed by atoms with Crippen LogP contribution in [0.5, 0.6) is 0 Å². The Kier molecular flexibility index (Phi) is 5.50. The number of hydrogen-bond acceptors (Lipinski definition) is 6. The molecule has 184 valence electrons. The third-order valence-electron chi connectivity index (χ3n) is 7.19. The highest BCUT2D eigenvalue weighted by Crippen LogP contribution is 2.50. The molecular formula is C27H17BrClN3O5. The van der Waals surface area contributed by atoms with E-state index in [2.05, 4.69) is 15.9 Å². The summed E-state index contributed by atoms with van der Waals surface area (Å²) < 4.78 is 0.806. The molecule has 4 atom stereocenters. The van der Waals surface area contributed by atoms with E-state index in [0.717, 1.165) is 14.9 Å². The van der Waals surface area contributed by atoms with Crippen LogP contribution >= 0.6 is 27.5 Å². The summed E-state index contributed by atoms with van der Waals surface area (Å²) in [5, 5.41) is 11.5. The number of hydrogen-bond donors (Lipinski definition) is 0. The number of carbonyl (C=O) groups excluding carboxylic acids is 3. The number of nitro benzene ring substituents is 1. The molecule has 0 N–H and O–H groups in total. The van der Waals surface area contributed by atoms with Crippen LogP contribution < -0.4 is 9.80 Å². The number of fused-ring (bicyclic) bond motifs is 5. The number of ketones is 1. The van der Waals surface area contributed by atoms with Crippen molar-refractivity contribution < 1.29 is 19.3 Å². The minimum atomic E-state index is -0.946. The number of nitrogens with zero attached hydrogens (tertiary/aromatic N) is 3. The first-order valence-electron chi connectivity index (χ1n) is 11.4. The molecule has 3 heterocycles. The van der Waals surface area contributed by atoms with E-state index < -0.39 is 40.7 Å². The van der Waals surface area contributed by atoms with E-state index in [4.69, 9.17) is 11.6 Å². The van der Waals surface area contributed by atoms with Crippen molar-refractivity contribution in [3.63, 3.8) is 0 Å². The molecule has 0 bridgehead atoms. The molecule has 0 aromatic heterocycles. The Hall–Kier alpha value is -3.82. The van der Waals surface area contributed by atoms with Crippen LogP contribution in [-0.4, -0.2) is 34.6 Å². The second-order valence-corrected chi connectivity index (χ2v) is 10.5. The second kappa shape index (κ2) is 8.64. The largest absolute Gasteiger partial charge is 0.352 e. The van der Waals surface area contributed by atoms with E-state index in [1.54, 1.807) is 36.4 Å². The van der Waals surface area contributed by atoms with Gasteiger partial charge in [0.25, 0.3) is 5.69 Å². The lowest BCUT2D eigenvalue weighted by molar-refractivity contribution is -0.384. The molecule has 8 nitrogen and oxygen atoms in total. The fourth-order valence-corrected chi connectivity index (χ4v) is 6.02. The van der Waals surface area contributed by atoms with Crippen LogP contribution in [-0.2, 0) is 9.59 Å². The molecule has 3 aromatic rings. The maximum atomic E-state index is 14.0. The van der Waals surface area contributed by atoms with Gasteiger partial charge in [0.15, 0.2) is 5.78 Å². The summed E-state index contributed by atoms with van der Waals surface area (Å²) in [4.78, 5) is 55.1. The minimum Gasteiger partial charge on any atom is -0.352 e. The number of rotatable bonds is 4. The van der Waals surface area contributed by atoms with Crippen molar-refractivity contribution in [2.45, 2.75) is 12.1 Å². The molecule has 10 heteroatoms. The summed E-state index contributed by atoms with van der Waals surface area (Å²) in [5.41, 5.74) is 2.02. The zero-order chi connectivity index (χ0) is 26.0. The third-order valence-corrected chi connectivity index (χ3v) is 7.95. The number of halogens is 2. The quantitative estimate of drug-likeness (QED) is 0.181. The van der Waals surface area contributed by atoms with Gasteiger partial charge in [-0.3, -0.25) is 24.5 Å². The van der Waals surface area contributed by atoms with E-state index in [1.807, 2.05) is 23.1 Å². The number of benzene rings is 3. The van der Waals surface area contributed by atoms with E-state index in [1.165, 1.54) is 24.3 Å². The van der Waals surface area contributed by atoms with E-state index in [-0.39, 0.29) is 17.2 Å². The van der Waals surface area contributed by atoms with Crippen LogP contribution in [0.2, 0.25) is 5.02 Å². The first-order valence-corrected chi connectivity index (χ1v) is 12.6. The first kappa shape index (κ1) is 23.6. The maximum Gasteiger partial charge on any atom is 0.269 e. The van der Waals surface area contributed by atoms with Crippen LogP contribution in [0.3, 0.4) is 0 Å². The first-order chi connectivity index (χ1) is 17.8. The highest BCUT2D eigenvalue weighted by molar-refractivity contribution is 9.10. The molecule has 2 saturated heterocycles. The predicted octanol–water partition coefficient (Wildman–Crippen LogP) is 5.28. The zero-order valence-corrected chi connectivity index (χ0v) is 21.3. The average Bonchev–Trinajstić information content (AvgIpc) is 3.36. The Bertz CT molecular complexity index is 1520. The fraction of sp³-hybridized carbons (Fsp3) is 0.148. The molecule has 0 radical (unpaired) electrons. The lowest BCUT2D eigenvalue weighted by atomic mass is 9.86. The molecule has 2 amide bonds. The highest BCUT2D eigenvalue weighted by Gasteiger charge is 2.64. The molecule has 3 aliphatic heterocycles. The van der Waals surface area contributed by atoms with Crippen LogP contribution in [0.4, 0.5) is 17.1 Å². The van der Waals surface area contributed by atoms with Gasteiger partial charge in [-0.15, -0.1) is 0 Å².